The van der Waals surface area contributed by atoms with E-state index in [0.29, 0.717) is 6.61 Å². The van der Waals surface area contributed by atoms with Crippen LogP contribution in [0, 0.1) is 0 Å². The molecule has 0 aliphatic heterocycles. The van der Waals surface area contributed by atoms with Crippen molar-refractivity contribution in [3.05, 3.63) is 53.9 Å². The first kappa shape index (κ1) is 17.4. The first-order valence-electron chi connectivity index (χ1n) is 7.47. The van der Waals surface area contributed by atoms with E-state index in [1.807, 2.05) is 31.2 Å². The molecule has 7 nitrogen and oxygen atoms in total. The molecule has 0 spiro atoms. The maximum atomic E-state index is 12.0. The number of nitrogens with zero attached hydrogens (tertiary/aromatic N) is 1. The molecule has 0 atom stereocenters. The van der Waals surface area contributed by atoms with Crippen LogP contribution in [0.4, 0.5) is 0 Å². The van der Waals surface area contributed by atoms with Gasteiger partial charge in [0.25, 0.3) is 5.91 Å². The predicted octanol–water partition coefficient (Wildman–Crippen LogP) is 1.27. The number of carbonyl (C=O) groups is 2. The van der Waals surface area contributed by atoms with Crippen LogP contribution in [0.1, 0.15) is 23.0 Å². The molecule has 3 N–H and O–H groups in total. The van der Waals surface area contributed by atoms with Gasteiger partial charge >= 0.3 is 0 Å². The van der Waals surface area contributed by atoms with Crippen molar-refractivity contribution in [2.45, 2.75) is 13.5 Å². The maximum Gasteiger partial charge on any atom is 0.280 e. The lowest BCUT2D eigenvalue weighted by Gasteiger charge is -2.11. The fourth-order valence-electron chi connectivity index (χ4n) is 1.97. The molecule has 2 aromatic rings. The molecule has 0 fully saturated rings. The quantitative estimate of drug-likeness (QED) is 0.793. The highest BCUT2D eigenvalue weighted by atomic mass is 16.5. The fraction of sp³-hybridized carbons (Fsp3) is 0.235. The lowest BCUT2D eigenvalue weighted by atomic mass is 10.2. The number of hydrogen-bond acceptors (Lipinski definition) is 6. The average Bonchev–Trinajstić information content (AvgIpc) is 2.60. The van der Waals surface area contributed by atoms with Crippen molar-refractivity contribution >= 4 is 11.8 Å². The minimum Gasteiger partial charge on any atom is -0.494 e. The van der Waals surface area contributed by atoms with Crippen LogP contribution in [0.3, 0.4) is 0 Å². The number of aromatic nitrogens is 1. The smallest absolute Gasteiger partial charge is 0.280 e. The van der Waals surface area contributed by atoms with Gasteiger partial charge in [-0.05, 0) is 36.8 Å². The normalized spacial score (nSPS) is 10.1. The third-order valence-corrected chi connectivity index (χ3v) is 3.03. The summed E-state index contributed by atoms with van der Waals surface area (Å²) in [6.07, 6.45) is 1.45. The van der Waals surface area contributed by atoms with Crippen molar-refractivity contribution < 1.29 is 19.1 Å². The van der Waals surface area contributed by atoms with Gasteiger partial charge in [-0.3, -0.25) is 14.9 Å². The average molecular weight is 329 g/mol. The van der Waals surface area contributed by atoms with Gasteiger partial charge in [0, 0.05) is 6.20 Å². The highest BCUT2D eigenvalue weighted by Gasteiger charge is 2.16. The Balaban J connectivity index is 2.09. The van der Waals surface area contributed by atoms with E-state index in [-0.39, 0.29) is 24.6 Å². The van der Waals surface area contributed by atoms with Gasteiger partial charge in [-0.15, -0.1) is 0 Å². The van der Waals surface area contributed by atoms with E-state index in [9.17, 15) is 9.59 Å². The number of rotatable bonds is 7. The molecular weight excluding hydrogens is 310 g/mol. The van der Waals surface area contributed by atoms with Gasteiger partial charge in [-0.25, -0.2) is 4.98 Å². The molecule has 24 heavy (non-hydrogen) atoms. The van der Waals surface area contributed by atoms with Crippen LogP contribution in [0.2, 0.25) is 0 Å². The summed E-state index contributed by atoms with van der Waals surface area (Å²) in [6.45, 7) is 2.44. The van der Waals surface area contributed by atoms with Crippen LogP contribution in [-0.2, 0) is 11.4 Å². The number of amides is 2. The molecule has 0 aliphatic carbocycles. The summed E-state index contributed by atoms with van der Waals surface area (Å²) in [5.74, 6) is -0.205. The zero-order valence-electron chi connectivity index (χ0n) is 13.3. The largest absolute Gasteiger partial charge is 0.494 e. The van der Waals surface area contributed by atoms with Crippen molar-refractivity contribution in [2.24, 2.45) is 5.73 Å². The van der Waals surface area contributed by atoms with E-state index in [2.05, 4.69) is 10.3 Å². The Labute approximate surface area is 139 Å². The molecule has 0 radical (unpaired) electrons. The molecule has 0 saturated heterocycles. The zero-order valence-corrected chi connectivity index (χ0v) is 13.3. The molecule has 1 aromatic carbocycles. The topological polar surface area (TPSA) is 104 Å². The number of hydrogen-bond donors (Lipinski definition) is 2. The number of pyridine rings is 1. The Morgan fingerprint density at radius 1 is 1.21 bits per heavy atom. The first-order chi connectivity index (χ1) is 11.6. The Hall–Kier alpha value is -2.93. The summed E-state index contributed by atoms with van der Waals surface area (Å²) in [5, 5.41) is 2.14. The van der Waals surface area contributed by atoms with E-state index >= 15 is 0 Å². The molecule has 0 saturated carbocycles. The fourth-order valence-corrected chi connectivity index (χ4v) is 1.97. The monoisotopic (exact) mass is 329 g/mol. The SMILES string of the molecule is CCOc1cccc(COc2cccnc2C(=O)NC(=O)CN)c1. The summed E-state index contributed by atoms with van der Waals surface area (Å²) in [4.78, 5) is 27.3. The molecule has 1 aromatic heterocycles. The van der Waals surface area contributed by atoms with Crippen LogP contribution in [0.25, 0.3) is 0 Å². The minimum atomic E-state index is -0.649. The van der Waals surface area contributed by atoms with Crippen LogP contribution >= 0.6 is 0 Å². The van der Waals surface area contributed by atoms with E-state index in [4.69, 9.17) is 15.2 Å². The molecule has 2 rings (SSSR count). The summed E-state index contributed by atoms with van der Waals surface area (Å²) in [5.41, 5.74) is 6.09. The number of imide groups is 1. The van der Waals surface area contributed by atoms with Gasteiger partial charge in [-0.1, -0.05) is 12.1 Å². The van der Waals surface area contributed by atoms with Crippen LogP contribution in [0.5, 0.6) is 11.5 Å². The predicted molar refractivity (Wildman–Crippen MR) is 87.7 cm³/mol. The Kier molecular flexibility index (Phi) is 6.27. The van der Waals surface area contributed by atoms with Crippen molar-refractivity contribution in [3.8, 4) is 11.5 Å². The minimum absolute atomic E-state index is 0.0280. The van der Waals surface area contributed by atoms with Crippen molar-refractivity contribution in [3.63, 3.8) is 0 Å². The molecule has 0 aliphatic rings. The number of benzene rings is 1. The summed E-state index contributed by atoms with van der Waals surface area (Å²) in [7, 11) is 0. The zero-order chi connectivity index (χ0) is 17.4. The van der Waals surface area contributed by atoms with Gasteiger partial charge < -0.3 is 15.2 Å². The highest BCUT2D eigenvalue weighted by molar-refractivity contribution is 6.05. The first-order valence-corrected chi connectivity index (χ1v) is 7.47. The summed E-state index contributed by atoms with van der Waals surface area (Å²) < 4.78 is 11.1. The molecule has 7 heteroatoms. The van der Waals surface area contributed by atoms with Gasteiger partial charge in [0.05, 0.1) is 13.2 Å². The highest BCUT2D eigenvalue weighted by Crippen LogP contribution is 2.19. The van der Waals surface area contributed by atoms with Crippen LogP contribution < -0.4 is 20.5 Å². The number of ether oxygens (including phenoxy) is 2. The second kappa shape index (κ2) is 8.64. The van der Waals surface area contributed by atoms with E-state index in [1.165, 1.54) is 6.20 Å². The van der Waals surface area contributed by atoms with Crippen LogP contribution in [-0.4, -0.2) is 29.9 Å². The number of nitrogens with two attached hydrogens (primary N) is 1. The maximum absolute atomic E-state index is 12.0. The molecule has 0 unspecified atom stereocenters. The summed E-state index contributed by atoms with van der Waals surface area (Å²) >= 11 is 0. The second-order valence-corrected chi connectivity index (χ2v) is 4.80. The lowest BCUT2D eigenvalue weighted by Crippen LogP contribution is -2.36. The molecule has 1 heterocycles. The lowest BCUT2D eigenvalue weighted by molar-refractivity contribution is -0.118. The number of nitrogens with one attached hydrogen (secondary N) is 1. The van der Waals surface area contributed by atoms with Crippen molar-refractivity contribution in [1.29, 1.82) is 0 Å². The summed E-state index contributed by atoms with van der Waals surface area (Å²) in [6, 6.07) is 10.7. The van der Waals surface area contributed by atoms with E-state index in [1.54, 1.807) is 12.1 Å². The van der Waals surface area contributed by atoms with E-state index < -0.39 is 11.8 Å². The van der Waals surface area contributed by atoms with Gasteiger partial charge in [-0.2, -0.15) is 0 Å². The molecule has 0 bridgehead atoms. The van der Waals surface area contributed by atoms with Gasteiger partial charge in [0.15, 0.2) is 11.4 Å². The number of carbonyl (C=O) groups excluding carboxylic acids is 2. The third kappa shape index (κ3) is 4.79. The third-order valence-electron chi connectivity index (χ3n) is 3.03. The van der Waals surface area contributed by atoms with E-state index in [0.717, 1.165) is 11.3 Å². The second-order valence-electron chi connectivity index (χ2n) is 4.80. The van der Waals surface area contributed by atoms with Gasteiger partial charge in [0.2, 0.25) is 5.91 Å². The van der Waals surface area contributed by atoms with Crippen LogP contribution in [0.15, 0.2) is 42.6 Å². The molecule has 2 amide bonds. The van der Waals surface area contributed by atoms with Crippen molar-refractivity contribution in [1.82, 2.24) is 10.3 Å². The molecule has 126 valence electrons. The standard InChI is InChI=1S/C17H19N3O4/c1-2-23-13-6-3-5-12(9-13)11-24-14-7-4-8-19-16(14)17(22)20-15(21)10-18/h3-9H,2,10-11,18H2,1H3,(H,20,21,22). The van der Waals surface area contributed by atoms with Gasteiger partial charge in [0.1, 0.15) is 12.4 Å². The molecular formula is C17H19N3O4. The Bertz CT molecular complexity index is 718. The van der Waals surface area contributed by atoms with Crippen molar-refractivity contribution in [2.75, 3.05) is 13.2 Å². The Morgan fingerprint density at radius 2 is 2.04 bits per heavy atom. The Morgan fingerprint density at radius 3 is 2.79 bits per heavy atom.